The lowest BCUT2D eigenvalue weighted by molar-refractivity contribution is -0.143. The van der Waals surface area contributed by atoms with Crippen LogP contribution in [0, 0.1) is 24.2 Å². The van der Waals surface area contributed by atoms with Crippen molar-refractivity contribution < 1.29 is 19.4 Å². The van der Waals surface area contributed by atoms with Crippen LogP contribution in [0.15, 0.2) is 41.8 Å². The molecule has 2 aromatic carbocycles. The normalized spacial score (nSPS) is 18.2. The third-order valence-electron chi connectivity index (χ3n) is 6.81. The fourth-order valence-corrected chi connectivity index (χ4v) is 5.60. The van der Waals surface area contributed by atoms with Crippen LogP contribution in [0.5, 0.6) is 5.75 Å². The summed E-state index contributed by atoms with van der Waals surface area (Å²) in [5.74, 6) is -0.246. The van der Waals surface area contributed by atoms with Crippen molar-refractivity contribution in [1.82, 2.24) is 15.5 Å². The highest BCUT2D eigenvalue weighted by molar-refractivity contribution is 8.03. The average Bonchev–Trinajstić information content (AvgIpc) is 3.41. The van der Waals surface area contributed by atoms with Gasteiger partial charge in [0, 0.05) is 38.9 Å². The summed E-state index contributed by atoms with van der Waals surface area (Å²) in [6, 6.07) is 14.1. The first-order chi connectivity index (χ1) is 18.0. The third-order valence-corrected chi connectivity index (χ3v) is 7.85. The van der Waals surface area contributed by atoms with E-state index < -0.39 is 5.97 Å². The minimum Gasteiger partial charge on any atom is -0.488 e. The molecule has 196 valence electrons. The first kappa shape index (κ1) is 27.0. The van der Waals surface area contributed by atoms with Crippen molar-refractivity contribution in [3.8, 4) is 11.8 Å². The standard InChI is InChI=1S/C28H34N4O4S/c1-19-13-21(16-30-9-12-35-2)3-5-23(19)17-36-26-6-4-20(15-29)14-24(26)25-18-37-28(31-25)32-10-7-22(8-11-32)27(33)34/h3-6,13-14,18,22,28,30-31H,7-12,16-17H2,1-2H3,(H,33,34). The fourth-order valence-electron chi connectivity index (χ4n) is 4.56. The number of aliphatic carboxylic acids is 1. The molecule has 0 radical (unpaired) electrons. The predicted molar refractivity (Wildman–Crippen MR) is 145 cm³/mol. The number of hydrogen-bond acceptors (Lipinski definition) is 8. The van der Waals surface area contributed by atoms with E-state index in [1.54, 1.807) is 24.9 Å². The molecule has 0 aromatic heterocycles. The molecule has 1 fully saturated rings. The van der Waals surface area contributed by atoms with E-state index in [4.69, 9.17) is 9.47 Å². The van der Waals surface area contributed by atoms with Crippen LogP contribution in [0.3, 0.4) is 0 Å². The molecule has 8 nitrogen and oxygen atoms in total. The van der Waals surface area contributed by atoms with E-state index in [9.17, 15) is 15.2 Å². The van der Waals surface area contributed by atoms with Crippen LogP contribution in [-0.4, -0.2) is 54.8 Å². The summed E-state index contributed by atoms with van der Waals surface area (Å²) in [5, 5.41) is 27.7. The van der Waals surface area contributed by atoms with Crippen molar-refractivity contribution in [2.75, 3.05) is 33.4 Å². The van der Waals surface area contributed by atoms with Crippen LogP contribution in [0.25, 0.3) is 5.70 Å². The molecular formula is C28H34N4O4S. The molecule has 0 aliphatic carbocycles. The van der Waals surface area contributed by atoms with Gasteiger partial charge in [0.1, 0.15) is 17.9 Å². The molecule has 0 amide bonds. The van der Waals surface area contributed by atoms with Crippen LogP contribution < -0.4 is 15.4 Å². The number of likely N-dealkylation sites (tertiary alicyclic amines) is 1. The highest BCUT2D eigenvalue weighted by Gasteiger charge is 2.31. The van der Waals surface area contributed by atoms with Gasteiger partial charge >= 0.3 is 5.97 Å². The monoisotopic (exact) mass is 522 g/mol. The van der Waals surface area contributed by atoms with Gasteiger partial charge in [-0.1, -0.05) is 30.0 Å². The molecule has 4 rings (SSSR count). The lowest BCUT2D eigenvalue weighted by Gasteiger charge is -2.34. The lowest BCUT2D eigenvalue weighted by atomic mass is 9.97. The van der Waals surface area contributed by atoms with Gasteiger partial charge in [-0.25, -0.2) is 0 Å². The molecule has 37 heavy (non-hydrogen) atoms. The van der Waals surface area contributed by atoms with Crippen molar-refractivity contribution in [1.29, 1.82) is 5.26 Å². The van der Waals surface area contributed by atoms with Gasteiger partial charge in [-0.15, -0.1) is 0 Å². The van der Waals surface area contributed by atoms with Gasteiger partial charge in [-0.2, -0.15) is 5.26 Å². The second kappa shape index (κ2) is 13.0. The number of thioether (sulfide) groups is 1. The van der Waals surface area contributed by atoms with Crippen LogP contribution in [0.4, 0.5) is 0 Å². The number of aryl methyl sites for hydroxylation is 1. The molecule has 0 bridgehead atoms. The van der Waals surface area contributed by atoms with E-state index in [0.29, 0.717) is 37.4 Å². The molecule has 0 saturated carbocycles. The zero-order valence-corrected chi connectivity index (χ0v) is 22.1. The number of nitrogens with zero attached hydrogens (tertiary/aromatic N) is 2. The first-order valence-electron chi connectivity index (χ1n) is 12.5. The number of hydrogen-bond donors (Lipinski definition) is 3. The van der Waals surface area contributed by atoms with Crippen molar-refractivity contribution >= 4 is 23.4 Å². The Morgan fingerprint density at radius 3 is 2.78 bits per heavy atom. The molecule has 1 atom stereocenters. The summed E-state index contributed by atoms with van der Waals surface area (Å²) in [4.78, 5) is 13.6. The second-order valence-electron chi connectivity index (χ2n) is 9.35. The summed E-state index contributed by atoms with van der Waals surface area (Å²) in [5.41, 5.74) is 5.87. The molecule has 2 heterocycles. The molecule has 9 heteroatoms. The Kier molecular flexibility index (Phi) is 9.47. The molecular weight excluding hydrogens is 488 g/mol. The topological polar surface area (TPSA) is 107 Å². The van der Waals surface area contributed by atoms with E-state index in [-0.39, 0.29) is 11.4 Å². The Labute approximate surface area is 222 Å². The van der Waals surface area contributed by atoms with Gasteiger partial charge in [0.25, 0.3) is 0 Å². The number of methoxy groups -OCH3 is 1. The quantitative estimate of drug-likeness (QED) is 0.379. The number of carboxylic acids is 1. The van der Waals surface area contributed by atoms with Crippen molar-refractivity contribution in [2.45, 2.75) is 38.4 Å². The minimum absolute atomic E-state index is 0.0376. The average molecular weight is 523 g/mol. The Morgan fingerprint density at radius 2 is 2.08 bits per heavy atom. The van der Waals surface area contributed by atoms with Gasteiger partial charge in [0.15, 0.2) is 0 Å². The van der Waals surface area contributed by atoms with Gasteiger partial charge in [0.2, 0.25) is 0 Å². The SMILES string of the molecule is COCCNCc1ccc(COc2ccc(C#N)cc2C2=CSC(N3CCC(C(=O)O)CC3)N2)c(C)c1. The number of nitrogens with one attached hydrogen (secondary N) is 2. The summed E-state index contributed by atoms with van der Waals surface area (Å²) in [6.07, 6.45) is 1.31. The number of carbonyl (C=O) groups is 1. The van der Waals surface area contributed by atoms with E-state index >= 15 is 0 Å². The van der Waals surface area contributed by atoms with E-state index in [2.05, 4.69) is 52.1 Å². The maximum Gasteiger partial charge on any atom is 0.306 e. The zero-order chi connectivity index (χ0) is 26.2. The summed E-state index contributed by atoms with van der Waals surface area (Å²) in [7, 11) is 1.70. The minimum atomic E-state index is -0.704. The van der Waals surface area contributed by atoms with Crippen molar-refractivity contribution in [3.63, 3.8) is 0 Å². The number of benzene rings is 2. The molecule has 1 saturated heterocycles. The van der Waals surface area contributed by atoms with E-state index in [1.807, 2.05) is 12.1 Å². The Bertz CT molecular complexity index is 1170. The van der Waals surface area contributed by atoms with Gasteiger partial charge in [0.05, 0.1) is 29.9 Å². The summed E-state index contributed by atoms with van der Waals surface area (Å²) in [6.45, 7) is 6.28. The highest BCUT2D eigenvalue weighted by atomic mass is 32.2. The molecule has 2 aromatic rings. The van der Waals surface area contributed by atoms with Crippen LogP contribution in [0.2, 0.25) is 0 Å². The lowest BCUT2D eigenvalue weighted by Crippen LogP contribution is -2.45. The number of piperidine rings is 1. The van der Waals surface area contributed by atoms with E-state index in [1.165, 1.54) is 11.1 Å². The summed E-state index contributed by atoms with van der Waals surface area (Å²) < 4.78 is 11.4. The molecule has 3 N–H and O–H groups in total. The van der Waals surface area contributed by atoms with Crippen LogP contribution in [-0.2, 0) is 22.7 Å². The number of carboxylic acid groups (broad SMARTS) is 1. The summed E-state index contributed by atoms with van der Waals surface area (Å²) >= 11 is 1.66. The van der Waals surface area contributed by atoms with Crippen molar-refractivity contribution in [3.05, 3.63) is 69.6 Å². The molecule has 0 spiro atoms. The predicted octanol–water partition coefficient (Wildman–Crippen LogP) is 3.90. The Balaban J connectivity index is 1.40. The molecule has 2 aliphatic heterocycles. The maximum absolute atomic E-state index is 11.3. The van der Waals surface area contributed by atoms with Crippen LogP contribution >= 0.6 is 11.8 Å². The highest BCUT2D eigenvalue weighted by Crippen LogP contribution is 2.36. The van der Waals surface area contributed by atoms with Gasteiger partial charge in [-0.3, -0.25) is 9.69 Å². The smallest absolute Gasteiger partial charge is 0.306 e. The van der Waals surface area contributed by atoms with Crippen LogP contribution in [0.1, 0.15) is 40.7 Å². The Morgan fingerprint density at radius 1 is 1.27 bits per heavy atom. The number of ether oxygens (including phenoxy) is 2. The van der Waals surface area contributed by atoms with E-state index in [0.717, 1.165) is 43.0 Å². The largest absolute Gasteiger partial charge is 0.488 e. The molecule has 1 unspecified atom stereocenters. The number of rotatable bonds is 11. The first-order valence-corrected chi connectivity index (χ1v) is 13.5. The number of nitriles is 1. The van der Waals surface area contributed by atoms with Gasteiger partial charge < -0.3 is 25.2 Å². The fraction of sp³-hybridized carbons (Fsp3) is 0.429. The third kappa shape index (κ3) is 7.05. The van der Waals surface area contributed by atoms with Gasteiger partial charge in [-0.05, 0) is 60.1 Å². The zero-order valence-electron chi connectivity index (χ0n) is 21.3. The van der Waals surface area contributed by atoms with Crippen molar-refractivity contribution in [2.24, 2.45) is 5.92 Å². The molecule has 2 aliphatic rings. The Hall–Kier alpha value is -3.03. The second-order valence-corrected chi connectivity index (χ2v) is 10.3. The maximum atomic E-state index is 11.3.